The van der Waals surface area contributed by atoms with Crippen LogP contribution in [0.1, 0.15) is 17.9 Å². The van der Waals surface area contributed by atoms with Gasteiger partial charge >= 0.3 is 0 Å². The number of carbonyl (C=O) groups is 1. The van der Waals surface area contributed by atoms with E-state index in [4.69, 9.17) is 9.15 Å². The van der Waals surface area contributed by atoms with Crippen LogP contribution in [0, 0.1) is 0 Å². The van der Waals surface area contributed by atoms with Gasteiger partial charge in [-0.25, -0.2) is 0 Å². The van der Waals surface area contributed by atoms with E-state index in [0.29, 0.717) is 36.9 Å². The highest BCUT2D eigenvalue weighted by Gasteiger charge is 2.15. The third-order valence-electron chi connectivity index (χ3n) is 4.27. The molecular formula is C20H22N4O3. The van der Waals surface area contributed by atoms with E-state index in [-0.39, 0.29) is 5.91 Å². The minimum absolute atomic E-state index is 0.0427. The monoisotopic (exact) mass is 366 g/mol. The summed E-state index contributed by atoms with van der Waals surface area (Å²) in [7, 11) is 3.40. The van der Waals surface area contributed by atoms with Crippen molar-refractivity contribution in [1.29, 1.82) is 0 Å². The molecule has 0 radical (unpaired) electrons. The number of aryl methyl sites for hydroxylation is 1. The van der Waals surface area contributed by atoms with Crippen LogP contribution in [0.2, 0.25) is 0 Å². The van der Waals surface area contributed by atoms with Crippen LogP contribution in [0.15, 0.2) is 53.2 Å². The Balaban J connectivity index is 1.52. The SMILES string of the molecule is COc1ccccc1-c1nnc(CCC(=O)N(C)CCc2ccncc2)o1. The average Bonchev–Trinajstić information content (AvgIpc) is 3.19. The molecule has 0 saturated heterocycles. The van der Waals surface area contributed by atoms with E-state index in [2.05, 4.69) is 15.2 Å². The van der Waals surface area contributed by atoms with Gasteiger partial charge in [-0.15, -0.1) is 10.2 Å². The molecule has 2 aromatic heterocycles. The molecule has 7 heteroatoms. The molecule has 0 aliphatic heterocycles. The number of likely N-dealkylation sites (N-methyl/N-ethyl adjacent to an activating group) is 1. The lowest BCUT2D eigenvalue weighted by molar-refractivity contribution is -0.129. The Bertz CT molecular complexity index is 880. The molecular weight excluding hydrogens is 344 g/mol. The van der Waals surface area contributed by atoms with Crippen LogP contribution in [-0.4, -0.2) is 46.7 Å². The van der Waals surface area contributed by atoms with Crippen LogP contribution in [0.3, 0.4) is 0 Å². The van der Waals surface area contributed by atoms with Gasteiger partial charge in [-0.2, -0.15) is 0 Å². The lowest BCUT2D eigenvalue weighted by atomic mass is 10.2. The normalized spacial score (nSPS) is 10.6. The molecule has 0 fully saturated rings. The molecule has 27 heavy (non-hydrogen) atoms. The Morgan fingerprint density at radius 2 is 1.89 bits per heavy atom. The third-order valence-corrected chi connectivity index (χ3v) is 4.27. The molecule has 0 saturated carbocycles. The Kier molecular flexibility index (Phi) is 6.14. The first-order valence-corrected chi connectivity index (χ1v) is 8.76. The second-order valence-corrected chi connectivity index (χ2v) is 6.12. The predicted octanol–water partition coefficient (Wildman–Crippen LogP) is 2.77. The second kappa shape index (κ2) is 8.93. The van der Waals surface area contributed by atoms with Crippen LogP contribution < -0.4 is 4.74 Å². The summed E-state index contributed by atoms with van der Waals surface area (Å²) in [6.45, 7) is 0.652. The maximum Gasteiger partial charge on any atom is 0.251 e. The first-order chi connectivity index (χ1) is 13.2. The number of benzene rings is 1. The first kappa shape index (κ1) is 18.6. The van der Waals surface area contributed by atoms with Gasteiger partial charge in [0.25, 0.3) is 5.89 Å². The molecule has 3 rings (SSSR count). The van der Waals surface area contributed by atoms with Crippen molar-refractivity contribution >= 4 is 5.91 Å². The zero-order valence-corrected chi connectivity index (χ0v) is 15.5. The number of nitrogens with zero attached hydrogens (tertiary/aromatic N) is 4. The summed E-state index contributed by atoms with van der Waals surface area (Å²) in [5.41, 5.74) is 1.89. The molecule has 0 aliphatic carbocycles. The van der Waals surface area contributed by atoms with Crippen molar-refractivity contribution in [1.82, 2.24) is 20.1 Å². The zero-order chi connectivity index (χ0) is 19.1. The molecule has 7 nitrogen and oxygen atoms in total. The van der Waals surface area contributed by atoms with Gasteiger partial charge in [0.05, 0.1) is 12.7 Å². The minimum atomic E-state index is 0.0427. The van der Waals surface area contributed by atoms with Gasteiger partial charge in [0, 0.05) is 38.8 Å². The largest absolute Gasteiger partial charge is 0.496 e. The molecule has 0 atom stereocenters. The Morgan fingerprint density at radius 3 is 2.67 bits per heavy atom. The highest BCUT2D eigenvalue weighted by Crippen LogP contribution is 2.28. The van der Waals surface area contributed by atoms with E-state index in [1.165, 1.54) is 0 Å². The van der Waals surface area contributed by atoms with E-state index in [1.54, 1.807) is 31.5 Å². The van der Waals surface area contributed by atoms with Crippen molar-refractivity contribution in [2.75, 3.05) is 20.7 Å². The summed E-state index contributed by atoms with van der Waals surface area (Å²) < 4.78 is 11.0. The highest BCUT2D eigenvalue weighted by molar-refractivity contribution is 5.76. The molecule has 0 spiro atoms. The van der Waals surface area contributed by atoms with Crippen LogP contribution in [-0.2, 0) is 17.6 Å². The Hall–Kier alpha value is -3.22. The molecule has 2 heterocycles. The second-order valence-electron chi connectivity index (χ2n) is 6.12. The fraction of sp³-hybridized carbons (Fsp3) is 0.300. The van der Waals surface area contributed by atoms with Gasteiger partial charge < -0.3 is 14.1 Å². The number of methoxy groups -OCH3 is 1. The van der Waals surface area contributed by atoms with Crippen molar-refractivity contribution in [2.24, 2.45) is 0 Å². The van der Waals surface area contributed by atoms with E-state index in [0.717, 1.165) is 17.5 Å². The topological polar surface area (TPSA) is 81.4 Å². The van der Waals surface area contributed by atoms with Crippen molar-refractivity contribution in [3.63, 3.8) is 0 Å². The van der Waals surface area contributed by atoms with Crippen LogP contribution in [0.5, 0.6) is 5.75 Å². The maximum absolute atomic E-state index is 12.3. The number of hydrogen-bond donors (Lipinski definition) is 0. The van der Waals surface area contributed by atoms with Gasteiger partial charge in [-0.3, -0.25) is 9.78 Å². The van der Waals surface area contributed by atoms with Crippen molar-refractivity contribution in [3.05, 3.63) is 60.2 Å². The lowest BCUT2D eigenvalue weighted by Gasteiger charge is -2.16. The summed E-state index contributed by atoms with van der Waals surface area (Å²) in [6.07, 6.45) is 5.03. The highest BCUT2D eigenvalue weighted by atomic mass is 16.5. The van der Waals surface area contributed by atoms with E-state index >= 15 is 0 Å². The number of para-hydroxylation sites is 1. The molecule has 0 bridgehead atoms. The van der Waals surface area contributed by atoms with Crippen LogP contribution >= 0.6 is 0 Å². The van der Waals surface area contributed by atoms with Gasteiger partial charge in [0.2, 0.25) is 11.8 Å². The molecule has 3 aromatic rings. The Morgan fingerprint density at radius 1 is 1.11 bits per heavy atom. The molecule has 0 N–H and O–H groups in total. The van der Waals surface area contributed by atoms with Gasteiger partial charge in [0.1, 0.15) is 5.75 Å². The maximum atomic E-state index is 12.3. The summed E-state index contributed by atoms with van der Waals surface area (Å²) in [5, 5.41) is 8.11. The number of carbonyl (C=O) groups excluding carboxylic acids is 1. The van der Waals surface area contributed by atoms with Gasteiger partial charge in [-0.1, -0.05) is 12.1 Å². The minimum Gasteiger partial charge on any atom is -0.496 e. The summed E-state index contributed by atoms with van der Waals surface area (Å²) in [4.78, 5) is 18.0. The van der Waals surface area contributed by atoms with Gasteiger partial charge in [-0.05, 0) is 36.2 Å². The quantitative estimate of drug-likeness (QED) is 0.610. The number of pyridine rings is 1. The lowest BCUT2D eigenvalue weighted by Crippen LogP contribution is -2.29. The number of ether oxygens (including phenoxy) is 1. The van der Waals surface area contributed by atoms with E-state index in [9.17, 15) is 4.79 Å². The molecule has 0 aliphatic rings. The summed E-state index contributed by atoms with van der Waals surface area (Å²) in [5.74, 6) is 1.54. The fourth-order valence-corrected chi connectivity index (χ4v) is 2.66. The van der Waals surface area contributed by atoms with Crippen molar-refractivity contribution < 1.29 is 13.9 Å². The zero-order valence-electron chi connectivity index (χ0n) is 15.5. The molecule has 1 amide bonds. The number of hydrogen-bond acceptors (Lipinski definition) is 6. The number of amides is 1. The van der Waals surface area contributed by atoms with Crippen molar-refractivity contribution in [3.8, 4) is 17.2 Å². The Labute approximate surface area is 158 Å². The first-order valence-electron chi connectivity index (χ1n) is 8.76. The van der Waals surface area contributed by atoms with Crippen LogP contribution in [0.4, 0.5) is 0 Å². The average molecular weight is 366 g/mol. The molecule has 1 aromatic carbocycles. The third kappa shape index (κ3) is 4.91. The smallest absolute Gasteiger partial charge is 0.251 e. The summed E-state index contributed by atoms with van der Waals surface area (Å²) >= 11 is 0. The fourth-order valence-electron chi connectivity index (χ4n) is 2.66. The predicted molar refractivity (Wildman–Crippen MR) is 100 cm³/mol. The molecule has 140 valence electrons. The number of aromatic nitrogens is 3. The van der Waals surface area contributed by atoms with Crippen molar-refractivity contribution in [2.45, 2.75) is 19.3 Å². The van der Waals surface area contributed by atoms with Crippen LogP contribution in [0.25, 0.3) is 11.5 Å². The van der Waals surface area contributed by atoms with E-state index < -0.39 is 0 Å². The van der Waals surface area contributed by atoms with Gasteiger partial charge in [0.15, 0.2) is 0 Å². The standard InChI is InChI=1S/C20H22N4O3/c1-24(14-11-15-9-12-21-13-10-15)19(25)8-7-18-22-23-20(27-18)16-5-3-4-6-17(16)26-2/h3-6,9-10,12-13H,7-8,11,14H2,1-2H3. The molecule has 0 unspecified atom stereocenters. The van der Waals surface area contributed by atoms with E-state index in [1.807, 2.05) is 36.4 Å². The summed E-state index contributed by atoms with van der Waals surface area (Å²) in [6, 6.07) is 11.4. The number of rotatable bonds is 8.